The zero-order valence-corrected chi connectivity index (χ0v) is 13.0. The molecule has 0 amide bonds. The minimum Gasteiger partial charge on any atom is -0.475 e. The van der Waals surface area contributed by atoms with Gasteiger partial charge in [0.25, 0.3) is 0 Å². The van der Waals surface area contributed by atoms with Crippen molar-refractivity contribution < 1.29 is 9.47 Å². The molecule has 1 heterocycles. The SMILES string of the molecule is CC.CCCCCOCC1COC(c2ccccc2)=N1. The van der Waals surface area contributed by atoms with Crippen LogP contribution in [0, 0.1) is 0 Å². The number of nitrogens with zero attached hydrogens (tertiary/aromatic N) is 1. The van der Waals surface area contributed by atoms with Crippen LogP contribution in [0.1, 0.15) is 45.6 Å². The molecule has 1 aromatic rings. The Balaban J connectivity index is 0.000000956. The molecule has 0 aliphatic carbocycles. The lowest BCUT2D eigenvalue weighted by atomic mass is 10.2. The third kappa shape index (κ3) is 5.74. The molecule has 1 aliphatic heterocycles. The van der Waals surface area contributed by atoms with Gasteiger partial charge in [0.15, 0.2) is 0 Å². The Labute approximate surface area is 123 Å². The van der Waals surface area contributed by atoms with E-state index in [0.29, 0.717) is 13.2 Å². The number of hydrogen-bond acceptors (Lipinski definition) is 3. The fourth-order valence-electron chi connectivity index (χ4n) is 1.91. The molecule has 1 atom stereocenters. The average Bonchev–Trinajstić information content (AvgIpc) is 2.99. The standard InChI is InChI=1S/C15H21NO2.C2H6/c1-2-3-7-10-17-11-14-12-18-15(16-14)13-8-5-4-6-9-13;1-2/h4-6,8-9,14H,2-3,7,10-12H2,1H3;1-2H3. The average molecular weight is 277 g/mol. The molecular formula is C17H27NO2. The molecular weight excluding hydrogens is 250 g/mol. The highest BCUT2D eigenvalue weighted by molar-refractivity contribution is 5.95. The van der Waals surface area contributed by atoms with Gasteiger partial charge in [-0.2, -0.15) is 0 Å². The van der Waals surface area contributed by atoms with Gasteiger partial charge in [-0.3, -0.25) is 0 Å². The first-order chi connectivity index (χ1) is 9.90. The molecule has 0 spiro atoms. The second-order valence-electron chi connectivity index (χ2n) is 4.55. The highest BCUT2D eigenvalue weighted by Gasteiger charge is 2.19. The van der Waals surface area contributed by atoms with E-state index in [1.807, 2.05) is 44.2 Å². The highest BCUT2D eigenvalue weighted by atomic mass is 16.5. The van der Waals surface area contributed by atoms with Gasteiger partial charge in [0.1, 0.15) is 12.6 Å². The van der Waals surface area contributed by atoms with E-state index in [1.54, 1.807) is 0 Å². The van der Waals surface area contributed by atoms with Gasteiger partial charge in [0.2, 0.25) is 5.90 Å². The van der Waals surface area contributed by atoms with Gasteiger partial charge in [-0.25, -0.2) is 4.99 Å². The molecule has 1 aliphatic rings. The van der Waals surface area contributed by atoms with Gasteiger partial charge in [-0.15, -0.1) is 0 Å². The largest absolute Gasteiger partial charge is 0.475 e. The molecule has 0 fully saturated rings. The van der Waals surface area contributed by atoms with E-state index in [4.69, 9.17) is 9.47 Å². The molecule has 0 aromatic heterocycles. The predicted octanol–water partition coefficient (Wildman–Crippen LogP) is 4.07. The van der Waals surface area contributed by atoms with E-state index in [-0.39, 0.29) is 6.04 Å². The summed E-state index contributed by atoms with van der Waals surface area (Å²) < 4.78 is 11.2. The van der Waals surface area contributed by atoms with Crippen LogP contribution in [-0.2, 0) is 9.47 Å². The quantitative estimate of drug-likeness (QED) is 0.704. The zero-order valence-electron chi connectivity index (χ0n) is 13.0. The molecule has 3 heteroatoms. The Bertz CT molecular complexity index is 376. The summed E-state index contributed by atoms with van der Waals surface area (Å²) in [6.45, 7) is 8.33. The maximum atomic E-state index is 5.62. The lowest BCUT2D eigenvalue weighted by molar-refractivity contribution is 0.109. The summed E-state index contributed by atoms with van der Waals surface area (Å²) in [5.41, 5.74) is 1.05. The van der Waals surface area contributed by atoms with Gasteiger partial charge in [-0.1, -0.05) is 51.8 Å². The Kier molecular flexibility index (Phi) is 8.72. The molecule has 0 saturated heterocycles. The topological polar surface area (TPSA) is 30.8 Å². The fraction of sp³-hybridized carbons (Fsp3) is 0.588. The molecule has 0 radical (unpaired) electrons. The maximum absolute atomic E-state index is 5.62. The lowest BCUT2D eigenvalue weighted by Gasteiger charge is -2.05. The molecule has 0 bridgehead atoms. The van der Waals surface area contributed by atoms with Crippen LogP contribution in [-0.4, -0.2) is 31.8 Å². The number of ether oxygens (including phenoxy) is 2. The van der Waals surface area contributed by atoms with Crippen molar-refractivity contribution in [1.82, 2.24) is 0 Å². The van der Waals surface area contributed by atoms with Gasteiger partial charge >= 0.3 is 0 Å². The van der Waals surface area contributed by atoms with Crippen LogP contribution >= 0.6 is 0 Å². The number of unbranched alkanes of at least 4 members (excludes halogenated alkanes) is 2. The Hall–Kier alpha value is -1.35. The Morgan fingerprint density at radius 2 is 1.95 bits per heavy atom. The number of rotatable bonds is 7. The van der Waals surface area contributed by atoms with E-state index < -0.39 is 0 Å². The van der Waals surface area contributed by atoms with Crippen molar-refractivity contribution >= 4 is 5.90 Å². The first kappa shape index (κ1) is 16.7. The van der Waals surface area contributed by atoms with Crippen molar-refractivity contribution in [2.75, 3.05) is 19.8 Å². The monoisotopic (exact) mass is 277 g/mol. The summed E-state index contributed by atoms with van der Waals surface area (Å²) >= 11 is 0. The van der Waals surface area contributed by atoms with E-state index in [2.05, 4.69) is 11.9 Å². The molecule has 2 rings (SSSR count). The second kappa shape index (κ2) is 10.4. The van der Waals surface area contributed by atoms with Crippen LogP contribution in [0.15, 0.2) is 35.3 Å². The highest BCUT2D eigenvalue weighted by Crippen LogP contribution is 2.12. The van der Waals surface area contributed by atoms with Crippen LogP contribution in [0.4, 0.5) is 0 Å². The summed E-state index contributed by atoms with van der Waals surface area (Å²) in [5.74, 6) is 0.748. The second-order valence-corrected chi connectivity index (χ2v) is 4.55. The molecule has 112 valence electrons. The molecule has 3 nitrogen and oxygen atoms in total. The Morgan fingerprint density at radius 1 is 1.20 bits per heavy atom. The fourth-order valence-corrected chi connectivity index (χ4v) is 1.91. The lowest BCUT2D eigenvalue weighted by Crippen LogP contribution is -2.15. The summed E-state index contributed by atoms with van der Waals surface area (Å²) in [5, 5.41) is 0. The van der Waals surface area contributed by atoms with Crippen LogP contribution in [0.2, 0.25) is 0 Å². The first-order valence-electron chi connectivity index (χ1n) is 7.74. The maximum Gasteiger partial charge on any atom is 0.216 e. The van der Waals surface area contributed by atoms with E-state index in [1.165, 1.54) is 12.8 Å². The summed E-state index contributed by atoms with van der Waals surface area (Å²) in [6.07, 6.45) is 3.60. The summed E-state index contributed by atoms with van der Waals surface area (Å²) in [6, 6.07) is 10.2. The number of aliphatic imine (C=N–C) groups is 1. The third-order valence-corrected chi connectivity index (χ3v) is 2.94. The van der Waals surface area contributed by atoms with E-state index in [0.717, 1.165) is 24.5 Å². The van der Waals surface area contributed by atoms with Crippen LogP contribution in [0.25, 0.3) is 0 Å². The van der Waals surface area contributed by atoms with Crippen LogP contribution in [0.5, 0.6) is 0 Å². The van der Waals surface area contributed by atoms with Gasteiger partial charge in [0.05, 0.1) is 6.61 Å². The minimum atomic E-state index is 0.154. The van der Waals surface area contributed by atoms with Crippen molar-refractivity contribution in [3.8, 4) is 0 Å². The van der Waals surface area contributed by atoms with Gasteiger partial charge in [0, 0.05) is 12.2 Å². The van der Waals surface area contributed by atoms with E-state index in [9.17, 15) is 0 Å². The number of benzene rings is 1. The molecule has 0 saturated carbocycles. The molecule has 20 heavy (non-hydrogen) atoms. The zero-order chi connectivity index (χ0) is 14.6. The summed E-state index contributed by atoms with van der Waals surface area (Å²) in [7, 11) is 0. The van der Waals surface area contributed by atoms with Crippen molar-refractivity contribution in [2.45, 2.75) is 46.1 Å². The van der Waals surface area contributed by atoms with Gasteiger partial charge < -0.3 is 9.47 Å². The smallest absolute Gasteiger partial charge is 0.216 e. The Morgan fingerprint density at radius 3 is 2.65 bits per heavy atom. The van der Waals surface area contributed by atoms with Crippen molar-refractivity contribution in [2.24, 2.45) is 4.99 Å². The van der Waals surface area contributed by atoms with Crippen molar-refractivity contribution in [3.05, 3.63) is 35.9 Å². The predicted molar refractivity (Wildman–Crippen MR) is 84.4 cm³/mol. The molecule has 0 N–H and O–H groups in total. The molecule has 1 unspecified atom stereocenters. The van der Waals surface area contributed by atoms with Crippen LogP contribution < -0.4 is 0 Å². The van der Waals surface area contributed by atoms with Crippen LogP contribution in [0.3, 0.4) is 0 Å². The normalized spacial score (nSPS) is 16.9. The summed E-state index contributed by atoms with van der Waals surface area (Å²) in [4.78, 5) is 4.55. The number of hydrogen-bond donors (Lipinski definition) is 0. The van der Waals surface area contributed by atoms with Crippen molar-refractivity contribution in [3.63, 3.8) is 0 Å². The third-order valence-electron chi connectivity index (χ3n) is 2.94. The molecule has 1 aromatic carbocycles. The van der Waals surface area contributed by atoms with Gasteiger partial charge in [-0.05, 0) is 18.6 Å². The van der Waals surface area contributed by atoms with Crippen molar-refractivity contribution in [1.29, 1.82) is 0 Å². The first-order valence-corrected chi connectivity index (χ1v) is 7.74. The van der Waals surface area contributed by atoms with E-state index >= 15 is 0 Å². The minimum absolute atomic E-state index is 0.154.